The van der Waals surface area contributed by atoms with Crippen molar-refractivity contribution in [2.45, 2.75) is 89.6 Å². The molecule has 2 bridgehead atoms. The van der Waals surface area contributed by atoms with Gasteiger partial charge in [0.25, 0.3) is 0 Å². The fourth-order valence-electron chi connectivity index (χ4n) is 8.43. The van der Waals surface area contributed by atoms with E-state index in [1.165, 1.54) is 0 Å². The third-order valence-corrected chi connectivity index (χ3v) is 12.5. The number of allylic oxidation sites excluding steroid dienone is 1. The molecule has 3 aliphatic rings. The van der Waals surface area contributed by atoms with Gasteiger partial charge in [0.05, 0.1) is 37.9 Å². The van der Waals surface area contributed by atoms with Crippen LogP contribution in [0.5, 0.6) is 0 Å². The van der Waals surface area contributed by atoms with Crippen LogP contribution in [0.3, 0.4) is 0 Å². The molecule has 13 nitrogen and oxygen atoms in total. The molecule has 362 valence electrons. The number of fused-ring (bicyclic) bond motifs is 2. The second-order valence-electron chi connectivity index (χ2n) is 18.0. The number of aliphatic hydroxyl groups is 1. The number of aliphatic imine (C=N–C) groups is 1. The molecule has 0 aliphatic carbocycles. The van der Waals surface area contributed by atoms with Crippen LogP contribution in [0.25, 0.3) is 5.57 Å². The number of hydrogen-bond acceptors (Lipinski definition) is 11. The first-order chi connectivity index (χ1) is 31.7. The van der Waals surface area contributed by atoms with E-state index in [9.17, 15) is 36.6 Å². The first-order valence-electron chi connectivity index (χ1n) is 21.7. The van der Waals surface area contributed by atoms with Crippen LogP contribution in [0.15, 0.2) is 65.9 Å². The Kier molecular flexibility index (Phi) is 16.2. The van der Waals surface area contributed by atoms with Crippen LogP contribution in [-0.4, -0.2) is 123 Å². The van der Waals surface area contributed by atoms with Gasteiger partial charge in [0, 0.05) is 91.1 Å². The van der Waals surface area contributed by atoms with E-state index in [1.807, 2.05) is 17.4 Å². The quantitative estimate of drug-likeness (QED) is 0.0503. The Balaban J connectivity index is 1.13. The van der Waals surface area contributed by atoms with E-state index in [4.69, 9.17) is 15.5 Å². The number of ether oxygens (including phenoxy) is 2. The Hall–Kier alpha value is -5.75. The number of anilines is 1. The Bertz CT molecular complexity index is 2300. The Morgan fingerprint density at radius 3 is 2.19 bits per heavy atom. The third kappa shape index (κ3) is 12.6. The summed E-state index contributed by atoms with van der Waals surface area (Å²) in [5, 5.41) is 18.4. The molecule has 3 aliphatic heterocycles. The molecule has 3 saturated heterocycles. The summed E-state index contributed by atoms with van der Waals surface area (Å²) in [5.74, 6) is 3.62. The second kappa shape index (κ2) is 21.5. The van der Waals surface area contributed by atoms with Gasteiger partial charge in [-0.3, -0.25) is 9.69 Å². The predicted molar refractivity (Wildman–Crippen MR) is 237 cm³/mol. The lowest BCUT2D eigenvalue weighted by molar-refractivity contribution is -0.220. The number of aromatic nitrogens is 1. The van der Waals surface area contributed by atoms with Crippen LogP contribution in [0.1, 0.15) is 61.4 Å². The lowest BCUT2D eigenvalue weighted by atomic mass is 9.82. The van der Waals surface area contributed by atoms with Gasteiger partial charge in [-0.2, -0.15) is 22.0 Å². The maximum atomic E-state index is 15.1. The summed E-state index contributed by atoms with van der Waals surface area (Å²) >= 11 is 0. The highest BCUT2D eigenvalue weighted by atomic mass is 19.4. The zero-order chi connectivity index (χ0) is 48.7. The summed E-state index contributed by atoms with van der Waals surface area (Å²) in [7, 11) is 0.915. The maximum absolute atomic E-state index is 15.1. The first kappa shape index (κ1) is 50.7. The molecule has 1 aromatic heterocycles. The van der Waals surface area contributed by atoms with E-state index < -0.39 is 78.6 Å². The van der Waals surface area contributed by atoms with E-state index in [-0.39, 0.29) is 23.0 Å². The van der Waals surface area contributed by atoms with Crippen molar-refractivity contribution in [3.05, 3.63) is 100 Å². The fraction of sp³-hybridized carbons (Fsp3) is 0.489. The number of benzene rings is 2. The highest BCUT2D eigenvalue weighted by Crippen LogP contribution is 2.41. The van der Waals surface area contributed by atoms with Crippen molar-refractivity contribution in [2.24, 2.45) is 21.6 Å². The number of amides is 2. The SMILES string of the molecule is COC(=O)N[C@H](C(=O)N[C@@H](Cc1ccc(C#Cc2ccc(N3CC4CCC(C3)N4CC3(C)COC3)nc2)cc1)[C@@H](O)CNCc1c(F)cc(C(C=NC(F)F)=CN)cc1F)C(C)(C)C(F)(F)F. The van der Waals surface area contributed by atoms with Gasteiger partial charge in [0.1, 0.15) is 23.5 Å². The largest absolute Gasteiger partial charge is 0.453 e. The van der Waals surface area contributed by atoms with Gasteiger partial charge in [-0.05, 0) is 80.6 Å². The van der Waals surface area contributed by atoms with Crippen LogP contribution in [0, 0.1) is 34.3 Å². The van der Waals surface area contributed by atoms with Gasteiger partial charge in [0.15, 0.2) is 0 Å². The number of halogens is 7. The molecule has 6 rings (SSSR count). The van der Waals surface area contributed by atoms with Crippen molar-refractivity contribution >= 4 is 29.6 Å². The average Bonchev–Trinajstić information content (AvgIpc) is 3.48. The number of hydrogen-bond donors (Lipinski definition) is 5. The van der Waals surface area contributed by atoms with Crippen LogP contribution in [-0.2, 0) is 27.2 Å². The summed E-state index contributed by atoms with van der Waals surface area (Å²) in [4.78, 5) is 38.4. The zero-order valence-electron chi connectivity index (χ0n) is 37.5. The van der Waals surface area contributed by atoms with E-state index in [0.29, 0.717) is 35.0 Å². The molecule has 3 fully saturated rings. The predicted octanol–water partition coefficient (Wildman–Crippen LogP) is 5.53. The molecule has 67 heavy (non-hydrogen) atoms. The average molecular weight is 945 g/mol. The smallest absolute Gasteiger partial charge is 0.407 e. The van der Waals surface area contributed by atoms with E-state index in [2.05, 4.69) is 48.9 Å². The standard InChI is InChI=1S/C47H55F7N8O5/c1-45(2,47(52,53)54)41(60-44(65)66-4)42(64)59-38(39(63)22-56-21-35-36(48)16-31(17-37(35)49)32(18-55)20-58-43(50)51)15-29-8-5-28(6-9-29)7-10-30-11-14-40(57-19-30)61-23-33-12-13-34(24-61)62(33)25-46(3)26-67-27-46/h5-6,8-9,11,14,16-20,33-34,38-39,41,43,56,63H,12-13,15,21-27,55H2,1-4H3,(H,59,64)(H,60,65)/t33?,34?,38-,39-,41+/m0/s1. The first-order valence-corrected chi connectivity index (χ1v) is 21.7. The molecule has 3 aromatic rings. The van der Waals surface area contributed by atoms with Crippen molar-refractivity contribution in [3.8, 4) is 11.8 Å². The number of methoxy groups -OCH3 is 1. The van der Waals surface area contributed by atoms with Gasteiger partial charge in [-0.15, -0.1) is 0 Å². The molecular formula is C47H55F7N8O5. The Morgan fingerprint density at radius 1 is 1.03 bits per heavy atom. The molecule has 4 heterocycles. The summed E-state index contributed by atoms with van der Waals surface area (Å²) < 4.78 is 108. The van der Waals surface area contributed by atoms with Crippen LogP contribution < -0.4 is 26.6 Å². The van der Waals surface area contributed by atoms with Crippen LogP contribution in [0.4, 0.5) is 41.3 Å². The topological polar surface area (TPSA) is 167 Å². The summed E-state index contributed by atoms with van der Waals surface area (Å²) in [6.45, 7) is 4.14. The molecular weight excluding hydrogens is 890 g/mol. The number of alkyl halides is 5. The molecule has 0 radical (unpaired) electrons. The second-order valence-corrected chi connectivity index (χ2v) is 18.0. The number of nitrogens with one attached hydrogen (secondary N) is 3. The fourth-order valence-corrected chi connectivity index (χ4v) is 8.43. The highest BCUT2D eigenvalue weighted by molar-refractivity contribution is 6.09. The number of rotatable bonds is 17. The number of alkyl carbamates (subject to hydrolysis) is 1. The molecule has 6 N–H and O–H groups in total. The van der Waals surface area contributed by atoms with Crippen molar-refractivity contribution in [1.29, 1.82) is 0 Å². The number of piperazine rings is 1. The third-order valence-electron chi connectivity index (χ3n) is 12.5. The molecule has 2 amide bonds. The number of pyridine rings is 1. The highest BCUT2D eigenvalue weighted by Gasteiger charge is 2.56. The monoisotopic (exact) mass is 944 g/mol. The Labute approximate surface area is 384 Å². The van der Waals surface area contributed by atoms with Gasteiger partial charge in [0.2, 0.25) is 5.91 Å². The van der Waals surface area contributed by atoms with Gasteiger partial charge in [-0.1, -0.05) is 30.9 Å². The molecule has 0 saturated carbocycles. The normalized spacial score (nSPS) is 19.9. The minimum absolute atomic E-state index is 0.152. The van der Waals surface area contributed by atoms with Crippen molar-refractivity contribution in [1.82, 2.24) is 25.8 Å². The molecule has 20 heteroatoms. The number of carbonyl (C=O) groups excluding carboxylic acids is 2. The minimum atomic E-state index is -4.99. The molecule has 2 unspecified atom stereocenters. The number of carbonyl (C=O) groups is 2. The zero-order valence-corrected chi connectivity index (χ0v) is 37.5. The summed E-state index contributed by atoms with van der Waals surface area (Å²) in [6.07, 6.45) is -2.47. The lowest BCUT2D eigenvalue weighted by Crippen LogP contribution is -2.62. The number of nitrogens with two attached hydrogens (primary N) is 1. The van der Waals surface area contributed by atoms with Gasteiger partial charge in [-0.25, -0.2) is 23.6 Å². The molecule has 5 atom stereocenters. The molecule has 2 aromatic carbocycles. The van der Waals surface area contributed by atoms with E-state index in [1.54, 1.807) is 30.5 Å². The summed E-state index contributed by atoms with van der Waals surface area (Å²) in [5.41, 5.74) is 3.80. The van der Waals surface area contributed by atoms with Crippen LogP contribution >= 0.6 is 0 Å². The van der Waals surface area contributed by atoms with E-state index in [0.717, 1.165) is 90.8 Å². The number of aliphatic hydroxyl groups excluding tert-OH is 1. The maximum Gasteiger partial charge on any atom is 0.407 e. The minimum Gasteiger partial charge on any atom is -0.453 e. The van der Waals surface area contributed by atoms with Crippen molar-refractivity contribution in [2.75, 3.05) is 51.4 Å². The van der Waals surface area contributed by atoms with Crippen molar-refractivity contribution in [3.63, 3.8) is 0 Å². The Morgan fingerprint density at radius 2 is 1.66 bits per heavy atom. The van der Waals surface area contributed by atoms with Crippen molar-refractivity contribution < 1.29 is 54.9 Å². The summed E-state index contributed by atoms with van der Waals surface area (Å²) in [6, 6.07) is 9.69. The van der Waals surface area contributed by atoms with Crippen LogP contribution in [0.2, 0.25) is 0 Å². The molecule has 0 spiro atoms. The van der Waals surface area contributed by atoms with E-state index >= 15 is 8.78 Å². The van der Waals surface area contributed by atoms with Gasteiger partial charge >= 0.3 is 18.8 Å². The number of nitrogens with zero attached hydrogens (tertiary/aromatic N) is 4. The van der Waals surface area contributed by atoms with Gasteiger partial charge < -0.3 is 41.2 Å². The lowest BCUT2D eigenvalue weighted by Gasteiger charge is -2.48.